The van der Waals surface area contributed by atoms with Gasteiger partial charge in [-0.1, -0.05) is 0 Å². The Morgan fingerprint density at radius 1 is 1.19 bits per heavy atom. The molecule has 0 radical (unpaired) electrons. The van der Waals surface area contributed by atoms with Gasteiger partial charge in [-0.05, 0) is 25.3 Å². The molecule has 5 heteroatoms. The van der Waals surface area contributed by atoms with Gasteiger partial charge in [-0.3, -0.25) is 4.68 Å². The molecule has 3 aromatic heterocycles. The van der Waals surface area contributed by atoms with Crippen molar-refractivity contribution in [2.24, 2.45) is 7.05 Å². The number of rotatable bonds is 2. The molecule has 1 aliphatic heterocycles. The largest absolute Gasteiger partial charge is 0.371 e. The van der Waals surface area contributed by atoms with Gasteiger partial charge in [-0.2, -0.15) is 5.10 Å². The summed E-state index contributed by atoms with van der Waals surface area (Å²) >= 11 is 0. The number of hydrogen-bond donors (Lipinski definition) is 1. The molecule has 5 nitrogen and oxygen atoms in total. The highest BCUT2D eigenvalue weighted by Crippen LogP contribution is 2.35. The zero-order chi connectivity index (χ0) is 14.2. The number of aryl methyl sites for hydroxylation is 1. The predicted molar refractivity (Wildman–Crippen MR) is 84.4 cm³/mol. The van der Waals surface area contributed by atoms with E-state index in [1.165, 1.54) is 35.9 Å². The summed E-state index contributed by atoms with van der Waals surface area (Å²) in [5, 5.41) is 5.51. The van der Waals surface area contributed by atoms with Crippen LogP contribution < -0.4 is 4.90 Å². The fourth-order valence-corrected chi connectivity index (χ4v) is 3.23. The molecular formula is C16H19N5. The van der Waals surface area contributed by atoms with Crippen LogP contribution >= 0.6 is 0 Å². The maximum Gasteiger partial charge on any atom is 0.139 e. The molecule has 0 spiro atoms. The minimum Gasteiger partial charge on any atom is -0.371 e. The van der Waals surface area contributed by atoms with E-state index in [1.54, 1.807) is 0 Å². The fourth-order valence-electron chi connectivity index (χ4n) is 3.23. The first-order chi connectivity index (χ1) is 10.3. The molecule has 1 N–H and O–H groups in total. The van der Waals surface area contributed by atoms with Crippen LogP contribution in [0.5, 0.6) is 0 Å². The third-order valence-corrected chi connectivity index (χ3v) is 4.26. The van der Waals surface area contributed by atoms with E-state index >= 15 is 0 Å². The molecule has 21 heavy (non-hydrogen) atoms. The summed E-state index contributed by atoms with van der Waals surface area (Å²) in [5.41, 5.74) is 4.57. The Balaban J connectivity index is 1.88. The number of nitrogens with one attached hydrogen (secondary N) is 1. The van der Waals surface area contributed by atoms with Crippen molar-refractivity contribution in [1.29, 1.82) is 0 Å². The van der Waals surface area contributed by atoms with E-state index in [2.05, 4.69) is 32.2 Å². The highest BCUT2D eigenvalue weighted by Gasteiger charge is 2.18. The van der Waals surface area contributed by atoms with Crippen molar-refractivity contribution >= 4 is 16.7 Å². The van der Waals surface area contributed by atoms with Gasteiger partial charge in [0.15, 0.2) is 0 Å². The quantitative estimate of drug-likeness (QED) is 0.785. The van der Waals surface area contributed by atoms with Crippen molar-refractivity contribution in [3.8, 4) is 11.1 Å². The number of aromatic nitrogens is 4. The first-order valence-corrected chi connectivity index (χ1v) is 7.53. The smallest absolute Gasteiger partial charge is 0.139 e. The summed E-state index contributed by atoms with van der Waals surface area (Å²) in [4.78, 5) is 10.3. The molecule has 1 aliphatic rings. The van der Waals surface area contributed by atoms with Gasteiger partial charge in [0.05, 0.1) is 11.6 Å². The second-order valence-electron chi connectivity index (χ2n) is 5.71. The van der Waals surface area contributed by atoms with E-state index in [-0.39, 0.29) is 0 Å². The molecule has 0 unspecified atom stereocenters. The molecule has 108 valence electrons. The van der Waals surface area contributed by atoms with E-state index in [0.29, 0.717) is 0 Å². The van der Waals surface area contributed by atoms with Gasteiger partial charge < -0.3 is 9.88 Å². The molecule has 0 atom stereocenters. The van der Waals surface area contributed by atoms with Crippen molar-refractivity contribution in [1.82, 2.24) is 19.7 Å². The van der Waals surface area contributed by atoms with Crippen LogP contribution in [0.2, 0.25) is 0 Å². The van der Waals surface area contributed by atoms with Gasteiger partial charge in [0.1, 0.15) is 5.65 Å². The van der Waals surface area contributed by atoms with Gasteiger partial charge in [0.2, 0.25) is 0 Å². The number of piperidine rings is 1. The fraction of sp³-hybridized carbons (Fsp3) is 0.375. The number of pyridine rings is 1. The minimum atomic E-state index is 0.955. The second-order valence-corrected chi connectivity index (χ2v) is 5.71. The van der Waals surface area contributed by atoms with E-state index in [4.69, 9.17) is 0 Å². The van der Waals surface area contributed by atoms with Crippen LogP contribution in [0.25, 0.3) is 22.2 Å². The number of nitrogens with zero attached hydrogens (tertiary/aromatic N) is 4. The molecule has 3 aromatic rings. The standard InChI is InChI=1S/C16H19N5/c1-20-11-12(9-19-20)13-10-18-16-15(13)14(5-6-17-16)21-7-3-2-4-8-21/h5-6,9-11H,2-4,7-8H2,1H3,(H,17,18). The van der Waals surface area contributed by atoms with E-state index < -0.39 is 0 Å². The van der Waals surface area contributed by atoms with Gasteiger partial charge in [0.25, 0.3) is 0 Å². The molecule has 0 amide bonds. The van der Waals surface area contributed by atoms with Crippen molar-refractivity contribution in [2.75, 3.05) is 18.0 Å². The summed E-state index contributed by atoms with van der Waals surface area (Å²) in [6.45, 7) is 2.27. The Bertz CT molecular complexity index is 764. The SMILES string of the molecule is Cn1cc(-c2c[nH]c3nccc(N4CCCCC4)c23)cn1. The van der Waals surface area contributed by atoms with E-state index in [9.17, 15) is 0 Å². The zero-order valence-corrected chi connectivity index (χ0v) is 12.2. The normalized spacial score (nSPS) is 15.8. The molecule has 0 bridgehead atoms. The minimum absolute atomic E-state index is 0.955. The highest BCUT2D eigenvalue weighted by atomic mass is 15.2. The Kier molecular flexibility index (Phi) is 2.91. The summed E-state index contributed by atoms with van der Waals surface area (Å²) in [6.07, 6.45) is 11.8. The van der Waals surface area contributed by atoms with Crippen LogP contribution in [-0.4, -0.2) is 32.8 Å². The molecule has 0 saturated carbocycles. The van der Waals surface area contributed by atoms with Gasteiger partial charge in [0, 0.05) is 55.5 Å². The van der Waals surface area contributed by atoms with Crippen molar-refractivity contribution < 1.29 is 0 Å². The summed E-state index contributed by atoms with van der Waals surface area (Å²) in [5.74, 6) is 0. The second kappa shape index (κ2) is 4.91. The first kappa shape index (κ1) is 12.4. The lowest BCUT2D eigenvalue weighted by atomic mass is 10.1. The molecule has 4 heterocycles. The monoisotopic (exact) mass is 281 g/mol. The number of hydrogen-bond acceptors (Lipinski definition) is 3. The van der Waals surface area contributed by atoms with Crippen LogP contribution in [0.1, 0.15) is 19.3 Å². The van der Waals surface area contributed by atoms with Gasteiger partial charge >= 0.3 is 0 Å². The number of H-pyrrole nitrogens is 1. The van der Waals surface area contributed by atoms with Crippen molar-refractivity contribution in [3.05, 3.63) is 30.9 Å². The van der Waals surface area contributed by atoms with E-state index in [0.717, 1.165) is 24.3 Å². The Morgan fingerprint density at radius 2 is 2.05 bits per heavy atom. The third-order valence-electron chi connectivity index (χ3n) is 4.26. The Hall–Kier alpha value is -2.30. The van der Waals surface area contributed by atoms with Crippen molar-refractivity contribution in [2.45, 2.75) is 19.3 Å². The molecule has 0 aromatic carbocycles. The molecule has 1 saturated heterocycles. The molecule has 4 rings (SSSR count). The third kappa shape index (κ3) is 2.09. The Morgan fingerprint density at radius 3 is 2.81 bits per heavy atom. The van der Waals surface area contributed by atoms with Crippen LogP contribution in [0, 0.1) is 0 Å². The lowest BCUT2D eigenvalue weighted by molar-refractivity contribution is 0.579. The lowest BCUT2D eigenvalue weighted by Gasteiger charge is -2.29. The summed E-state index contributed by atoms with van der Waals surface area (Å²) in [6, 6.07) is 2.14. The van der Waals surface area contributed by atoms with Crippen LogP contribution in [-0.2, 0) is 7.05 Å². The average molecular weight is 281 g/mol. The number of aromatic amines is 1. The lowest BCUT2D eigenvalue weighted by Crippen LogP contribution is -2.29. The molecule has 0 aliphatic carbocycles. The summed E-state index contributed by atoms with van der Waals surface area (Å²) < 4.78 is 1.84. The van der Waals surface area contributed by atoms with Crippen LogP contribution in [0.3, 0.4) is 0 Å². The highest BCUT2D eigenvalue weighted by molar-refractivity contribution is 6.02. The van der Waals surface area contributed by atoms with E-state index in [1.807, 2.05) is 30.3 Å². The maximum absolute atomic E-state index is 4.48. The molecule has 1 fully saturated rings. The average Bonchev–Trinajstić information content (AvgIpc) is 3.13. The topological polar surface area (TPSA) is 49.7 Å². The zero-order valence-electron chi connectivity index (χ0n) is 12.2. The van der Waals surface area contributed by atoms with Crippen molar-refractivity contribution in [3.63, 3.8) is 0 Å². The maximum atomic E-state index is 4.48. The number of anilines is 1. The van der Waals surface area contributed by atoms with Crippen LogP contribution in [0.15, 0.2) is 30.9 Å². The first-order valence-electron chi connectivity index (χ1n) is 7.53. The van der Waals surface area contributed by atoms with Gasteiger partial charge in [-0.25, -0.2) is 4.98 Å². The molecular weight excluding hydrogens is 262 g/mol. The summed E-state index contributed by atoms with van der Waals surface area (Å²) in [7, 11) is 1.95. The predicted octanol–water partition coefficient (Wildman–Crippen LogP) is 2.95. The number of fused-ring (bicyclic) bond motifs is 1. The van der Waals surface area contributed by atoms with Crippen LogP contribution in [0.4, 0.5) is 5.69 Å². The Labute approximate surface area is 123 Å². The van der Waals surface area contributed by atoms with Gasteiger partial charge in [-0.15, -0.1) is 0 Å².